The summed E-state index contributed by atoms with van der Waals surface area (Å²) in [6, 6.07) is 0. The number of thiophene rings is 1. The maximum atomic E-state index is 12.3. The van der Waals surface area contributed by atoms with Crippen molar-refractivity contribution < 1.29 is 19.2 Å². The Balaban J connectivity index is 2.32. The average molecular weight is 340 g/mol. The predicted molar refractivity (Wildman–Crippen MR) is 90.9 cm³/mol. The van der Waals surface area contributed by atoms with E-state index < -0.39 is 5.97 Å². The minimum Gasteiger partial charge on any atom is -0.462 e. The van der Waals surface area contributed by atoms with Crippen molar-refractivity contribution in [3.63, 3.8) is 0 Å². The lowest BCUT2D eigenvalue weighted by Crippen LogP contribution is -3.11. The molecule has 6 nitrogen and oxygen atoms in total. The van der Waals surface area contributed by atoms with Gasteiger partial charge >= 0.3 is 5.97 Å². The van der Waals surface area contributed by atoms with Gasteiger partial charge in [0.15, 0.2) is 0 Å². The summed E-state index contributed by atoms with van der Waals surface area (Å²) >= 11 is 1.17. The van der Waals surface area contributed by atoms with Crippen LogP contribution in [0, 0.1) is 5.92 Å². The third kappa shape index (κ3) is 4.03. The fraction of sp³-hybridized carbons (Fsp3) is 0.625. The summed E-state index contributed by atoms with van der Waals surface area (Å²) in [5, 5.41) is 2.99. The first-order chi connectivity index (χ1) is 11.0. The number of likely N-dealkylation sites (tertiary alicyclic amines) is 1. The van der Waals surface area contributed by atoms with Crippen molar-refractivity contribution in [3.05, 3.63) is 16.0 Å². The number of carbonyl (C=O) groups is 2. The molecular formula is C16H26N3O3S+. The molecule has 1 fully saturated rings. The fourth-order valence-electron chi connectivity index (χ4n) is 2.97. The van der Waals surface area contributed by atoms with Crippen molar-refractivity contribution in [2.24, 2.45) is 5.92 Å². The van der Waals surface area contributed by atoms with Gasteiger partial charge in [-0.25, -0.2) is 4.79 Å². The Morgan fingerprint density at radius 1 is 1.39 bits per heavy atom. The summed E-state index contributed by atoms with van der Waals surface area (Å²) < 4.78 is 5.13. The number of anilines is 1. The topological polar surface area (TPSA) is 85.9 Å². The lowest BCUT2D eigenvalue weighted by Gasteiger charge is -2.27. The van der Waals surface area contributed by atoms with Crippen LogP contribution in [0.15, 0.2) is 0 Å². The summed E-state index contributed by atoms with van der Waals surface area (Å²) in [5.41, 5.74) is 7.13. The van der Waals surface area contributed by atoms with Gasteiger partial charge in [0.1, 0.15) is 22.0 Å². The molecule has 2 rings (SSSR count). The van der Waals surface area contributed by atoms with E-state index in [9.17, 15) is 9.59 Å². The standard InChI is InChI=1S/C16H25N3O3S/c1-4-22-16(21)12-11(9-19-7-5-10(2)6-8-19)13(15(20)18-3)23-14(12)17/h10H,4-9,17H2,1-3H3,(H,18,20)/p+1. The zero-order chi connectivity index (χ0) is 17.0. The summed E-state index contributed by atoms with van der Waals surface area (Å²) in [5.74, 6) is 0.113. The van der Waals surface area contributed by atoms with Crippen LogP contribution in [-0.4, -0.2) is 38.6 Å². The SMILES string of the molecule is CCOC(=O)c1c(N)sc(C(=O)NC)c1C[NH+]1CCC(C)CC1. The number of quaternary nitrogens is 1. The van der Waals surface area contributed by atoms with E-state index >= 15 is 0 Å². The van der Waals surface area contributed by atoms with Crippen LogP contribution in [0.1, 0.15) is 52.3 Å². The molecule has 1 aromatic rings. The van der Waals surface area contributed by atoms with E-state index in [1.54, 1.807) is 14.0 Å². The Labute approximate surface area is 141 Å². The highest BCUT2D eigenvalue weighted by Crippen LogP contribution is 2.31. The van der Waals surface area contributed by atoms with Crippen LogP contribution >= 0.6 is 11.3 Å². The van der Waals surface area contributed by atoms with E-state index in [2.05, 4.69) is 12.2 Å². The normalized spacial score (nSPS) is 21.0. The molecular weight excluding hydrogens is 314 g/mol. The Kier molecular flexibility index (Phi) is 6.01. The number of hydrogen-bond donors (Lipinski definition) is 3. The lowest BCUT2D eigenvalue weighted by atomic mass is 9.98. The predicted octanol–water partition coefficient (Wildman–Crippen LogP) is 0.681. The van der Waals surface area contributed by atoms with Crippen molar-refractivity contribution >= 4 is 28.2 Å². The molecule has 1 aliphatic heterocycles. The molecule has 2 heterocycles. The summed E-state index contributed by atoms with van der Waals surface area (Å²) in [7, 11) is 1.58. The number of nitrogens with two attached hydrogens (primary N) is 1. The number of nitrogens with one attached hydrogen (secondary N) is 2. The molecule has 128 valence electrons. The number of nitrogen functional groups attached to an aromatic ring is 1. The van der Waals surface area contributed by atoms with Gasteiger partial charge in [-0.05, 0) is 25.7 Å². The number of rotatable bonds is 5. The molecule has 0 unspecified atom stereocenters. The van der Waals surface area contributed by atoms with Gasteiger partial charge in [-0.2, -0.15) is 0 Å². The van der Waals surface area contributed by atoms with Crippen LogP contribution < -0.4 is 16.0 Å². The number of carbonyl (C=O) groups excluding carboxylic acids is 2. The van der Waals surface area contributed by atoms with E-state index in [0.29, 0.717) is 22.0 Å². The van der Waals surface area contributed by atoms with Gasteiger partial charge in [-0.1, -0.05) is 6.92 Å². The average Bonchev–Trinajstić information content (AvgIpc) is 2.85. The van der Waals surface area contributed by atoms with E-state index in [0.717, 1.165) is 24.6 Å². The fourth-order valence-corrected chi connectivity index (χ4v) is 4.00. The third-order valence-electron chi connectivity index (χ3n) is 4.36. The first-order valence-electron chi connectivity index (χ1n) is 8.11. The molecule has 0 spiro atoms. The highest BCUT2D eigenvalue weighted by atomic mass is 32.1. The second-order valence-electron chi connectivity index (χ2n) is 6.06. The Morgan fingerprint density at radius 2 is 2.04 bits per heavy atom. The minimum absolute atomic E-state index is 0.197. The van der Waals surface area contributed by atoms with Crippen molar-refractivity contribution in [2.45, 2.75) is 33.2 Å². The molecule has 0 atom stereocenters. The molecule has 0 bridgehead atoms. The number of hydrogen-bond acceptors (Lipinski definition) is 5. The van der Waals surface area contributed by atoms with Gasteiger partial charge in [0.05, 0.1) is 19.7 Å². The molecule has 1 aromatic heterocycles. The van der Waals surface area contributed by atoms with Crippen LogP contribution in [0.5, 0.6) is 0 Å². The van der Waals surface area contributed by atoms with Crippen molar-refractivity contribution in [3.8, 4) is 0 Å². The zero-order valence-corrected chi connectivity index (χ0v) is 14.8. The Hall–Kier alpha value is -1.60. The summed E-state index contributed by atoms with van der Waals surface area (Å²) in [4.78, 5) is 26.3. The molecule has 23 heavy (non-hydrogen) atoms. The van der Waals surface area contributed by atoms with Crippen LogP contribution in [0.25, 0.3) is 0 Å². The van der Waals surface area contributed by atoms with Crippen LogP contribution in [0.2, 0.25) is 0 Å². The second kappa shape index (κ2) is 7.79. The zero-order valence-electron chi connectivity index (χ0n) is 14.0. The first-order valence-corrected chi connectivity index (χ1v) is 8.93. The molecule has 0 aromatic carbocycles. The van der Waals surface area contributed by atoms with Gasteiger partial charge in [-0.3, -0.25) is 4.79 Å². The molecule has 0 aliphatic carbocycles. The molecule has 1 aliphatic rings. The maximum absolute atomic E-state index is 12.3. The Morgan fingerprint density at radius 3 is 2.61 bits per heavy atom. The molecule has 0 saturated carbocycles. The highest BCUT2D eigenvalue weighted by molar-refractivity contribution is 7.18. The van der Waals surface area contributed by atoms with Gasteiger partial charge in [0.2, 0.25) is 0 Å². The van der Waals surface area contributed by atoms with Crippen molar-refractivity contribution in [1.29, 1.82) is 0 Å². The number of ether oxygens (including phenoxy) is 1. The van der Waals surface area contributed by atoms with Gasteiger partial charge in [0, 0.05) is 12.6 Å². The smallest absolute Gasteiger partial charge is 0.341 e. The summed E-state index contributed by atoms with van der Waals surface area (Å²) in [6.07, 6.45) is 2.33. The van der Waals surface area contributed by atoms with Crippen LogP contribution in [-0.2, 0) is 11.3 Å². The van der Waals surface area contributed by atoms with Gasteiger partial charge < -0.3 is 20.7 Å². The number of piperidine rings is 1. The highest BCUT2D eigenvalue weighted by Gasteiger charge is 2.30. The van der Waals surface area contributed by atoms with Crippen LogP contribution in [0.3, 0.4) is 0 Å². The van der Waals surface area contributed by atoms with E-state index in [1.807, 2.05) is 0 Å². The lowest BCUT2D eigenvalue weighted by molar-refractivity contribution is -0.919. The largest absolute Gasteiger partial charge is 0.462 e. The van der Waals surface area contributed by atoms with Crippen LogP contribution in [0.4, 0.5) is 5.00 Å². The first kappa shape index (κ1) is 17.7. The molecule has 4 N–H and O–H groups in total. The quantitative estimate of drug-likeness (QED) is 0.688. The monoisotopic (exact) mass is 340 g/mol. The Bertz CT molecular complexity index is 577. The van der Waals surface area contributed by atoms with E-state index in [4.69, 9.17) is 10.5 Å². The minimum atomic E-state index is -0.434. The third-order valence-corrected chi connectivity index (χ3v) is 5.42. The van der Waals surface area contributed by atoms with Crippen molar-refractivity contribution in [2.75, 3.05) is 32.5 Å². The molecule has 7 heteroatoms. The molecule has 1 saturated heterocycles. The van der Waals surface area contributed by atoms with E-state index in [-0.39, 0.29) is 12.5 Å². The van der Waals surface area contributed by atoms with Crippen molar-refractivity contribution in [1.82, 2.24) is 5.32 Å². The molecule has 1 amide bonds. The van der Waals surface area contributed by atoms with Gasteiger partial charge in [0.25, 0.3) is 5.91 Å². The van der Waals surface area contributed by atoms with Gasteiger partial charge in [-0.15, -0.1) is 11.3 Å². The number of amides is 1. The maximum Gasteiger partial charge on any atom is 0.341 e. The second-order valence-corrected chi connectivity index (χ2v) is 7.11. The molecule has 0 radical (unpaired) electrons. The summed E-state index contributed by atoms with van der Waals surface area (Å²) in [6.45, 7) is 7.05. The number of esters is 1. The van der Waals surface area contributed by atoms with E-state index in [1.165, 1.54) is 29.1 Å².